The molecule has 1 saturated carbocycles. The first-order valence-electron chi connectivity index (χ1n) is 9.42. The van der Waals surface area contributed by atoms with Crippen molar-refractivity contribution in [2.24, 2.45) is 5.92 Å². The summed E-state index contributed by atoms with van der Waals surface area (Å²) in [5.74, 6) is -0.133. The molecule has 1 N–H and O–H groups in total. The smallest absolute Gasteiger partial charge is 0.338 e. The van der Waals surface area contributed by atoms with Crippen LogP contribution < -0.4 is 9.62 Å². The number of amides is 1. The van der Waals surface area contributed by atoms with Crippen molar-refractivity contribution >= 4 is 27.6 Å². The molecule has 0 radical (unpaired) electrons. The lowest BCUT2D eigenvalue weighted by molar-refractivity contribution is -0.125. The predicted molar refractivity (Wildman–Crippen MR) is 102 cm³/mol. The standard InChI is InChI=1S/C19H26N2O5S/c1-14-6-8-16(9-7-14)20-18(22)13-26-19(23)15-4-2-5-17(12-15)21-10-3-11-27(21,24)25/h2,4-5,12,14,16H,3,6-11,13H2,1H3,(H,20,22). The highest BCUT2D eigenvalue weighted by atomic mass is 32.2. The molecule has 1 saturated heterocycles. The van der Waals surface area contributed by atoms with Crippen molar-refractivity contribution in [1.82, 2.24) is 5.32 Å². The number of carbonyl (C=O) groups is 2. The van der Waals surface area contributed by atoms with Gasteiger partial charge in [0.05, 0.1) is 17.0 Å². The maximum atomic E-state index is 12.2. The van der Waals surface area contributed by atoms with Crippen molar-refractivity contribution in [2.75, 3.05) is 23.2 Å². The number of benzene rings is 1. The van der Waals surface area contributed by atoms with Crippen molar-refractivity contribution in [3.63, 3.8) is 0 Å². The van der Waals surface area contributed by atoms with Crippen molar-refractivity contribution in [2.45, 2.75) is 45.1 Å². The number of rotatable bonds is 5. The summed E-state index contributed by atoms with van der Waals surface area (Å²) in [4.78, 5) is 24.3. The van der Waals surface area contributed by atoms with Crippen LogP contribution in [0.4, 0.5) is 5.69 Å². The molecule has 0 spiro atoms. The quantitative estimate of drug-likeness (QED) is 0.772. The summed E-state index contributed by atoms with van der Waals surface area (Å²) >= 11 is 0. The molecule has 2 fully saturated rings. The molecule has 1 aliphatic carbocycles. The van der Waals surface area contributed by atoms with E-state index in [0.717, 1.165) is 25.7 Å². The Morgan fingerprint density at radius 1 is 1.22 bits per heavy atom. The molecular formula is C19H26N2O5S. The molecule has 3 rings (SSSR count). The molecule has 7 nitrogen and oxygen atoms in total. The normalized spacial score (nSPS) is 24.4. The fourth-order valence-corrected chi connectivity index (χ4v) is 5.16. The van der Waals surface area contributed by atoms with Gasteiger partial charge in [0.25, 0.3) is 5.91 Å². The van der Waals surface area contributed by atoms with Crippen molar-refractivity contribution in [3.05, 3.63) is 29.8 Å². The number of ether oxygens (including phenoxy) is 1. The van der Waals surface area contributed by atoms with E-state index in [1.807, 2.05) is 0 Å². The van der Waals surface area contributed by atoms with Crippen molar-refractivity contribution < 1.29 is 22.7 Å². The predicted octanol–water partition coefficient (Wildman–Crippen LogP) is 2.08. The van der Waals surface area contributed by atoms with E-state index in [0.29, 0.717) is 24.6 Å². The van der Waals surface area contributed by atoms with Crippen LogP contribution in [-0.4, -0.2) is 45.2 Å². The van der Waals surface area contributed by atoms with Crippen LogP contribution in [0.3, 0.4) is 0 Å². The SMILES string of the molecule is CC1CCC(NC(=O)COC(=O)c2cccc(N3CCCS3(=O)=O)c2)CC1. The van der Waals surface area contributed by atoms with E-state index in [2.05, 4.69) is 12.2 Å². The van der Waals surface area contributed by atoms with Gasteiger partial charge in [0.1, 0.15) is 0 Å². The number of sulfonamides is 1. The Hall–Kier alpha value is -2.09. The van der Waals surface area contributed by atoms with E-state index >= 15 is 0 Å². The molecule has 0 unspecified atom stereocenters. The van der Waals surface area contributed by atoms with Crippen LogP contribution >= 0.6 is 0 Å². The molecule has 1 aromatic rings. The molecular weight excluding hydrogens is 368 g/mol. The fourth-order valence-electron chi connectivity index (χ4n) is 3.61. The van der Waals surface area contributed by atoms with E-state index in [1.54, 1.807) is 18.2 Å². The number of esters is 1. The molecule has 1 aromatic carbocycles. The molecule has 8 heteroatoms. The monoisotopic (exact) mass is 394 g/mol. The summed E-state index contributed by atoms with van der Waals surface area (Å²) in [6.45, 7) is 2.28. The van der Waals surface area contributed by atoms with Gasteiger partial charge in [0, 0.05) is 12.6 Å². The van der Waals surface area contributed by atoms with E-state index < -0.39 is 16.0 Å². The number of hydrogen-bond donors (Lipinski definition) is 1. The third-order valence-corrected chi connectivity index (χ3v) is 7.05. The van der Waals surface area contributed by atoms with E-state index in [9.17, 15) is 18.0 Å². The second kappa shape index (κ2) is 8.29. The lowest BCUT2D eigenvalue weighted by Gasteiger charge is -2.26. The highest BCUT2D eigenvalue weighted by Crippen LogP contribution is 2.25. The van der Waals surface area contributed by atoms with Crippen molar-refractivity contribution in [3.8, 4) is 0 Å². The number of nitrogens with one attached hydrogen (secondary N) is 1. The fraction of sp³-hybridized carbons (Fsp3) is 0.579. The Kier molecular flexibility index (Phi) is 6.04. The first-order valence-corrected chi connectivity index (χ1v) is 11.0. The second-order valence-corrected chi connectivity index (χ2v) is 9.41. The molecule has 0 bridgehead atoms. The average molecular weight is 394 g/mol. The number of carbonyl (C=O) groups excluding carboxylic acids is 2. The summed E-state index contributed by atoms with van der Waals surface area (Å²) in [7, 11) is -3.31. The van der Waals surface area contributed by atoms with Crippen LogP contribution in [0.2, 0.25) is 0 Å². The Balaban J connectivity index is 1.54. The summed E-state index contributed by atoms with van der Waals surface area (Å²) in [6, 6.07) is 6.45. The molecule has 0 atom stereocenters. The van der Waals surface area contributed by atoms with Gasteiger partial charge < -0.3 is 10.1 Å². The maximum absolute atomic E-state index is 12.2. The van der Waals surface area contributed by atoms with Crippen LogP contribution in [-0.2, 0) is 19.6 Å². The minimum atomic E-state index is -3.31. The van der Waals surface area contributed by atoms with Crippen LogP contribution in [0.5, 0.6) is 0 Å². The topological polar surface area (TPSA) is 92.8 Å². The molecule has 148 valence electrons. The second-order valence-electron chi connectivity index (χ2n) is 7.39. The Morgan fingerprint density at radius 3 is 2.63 bits per heavy atom. The third-order valence-electron chi connectivity index (χ3n) is 5.18. The zero-order valence-corrected chi connectivity index (χ0v) is 16.3. The van der Waals surface area contributed by atoms with Gasteiger partial charge in [-0.1, -0.05) is 13.0 Å². The van der Waals surface area contributed by atoms with Gasteiger partial charge in [-0.25, -0.2) is 13.2 Å². The van der Waals surface area contributed by atoms with Gasteiger partial charge in [0.15, 0.2) is 6.61 Å². The van der Waals surface area contributed by atoms with Gasteiger partial charge in [-0.3, -0.25) is 9.10 Å². The average Bonchev–Trinajstić information content (AvgIpc) is 3.01. The van der Waals surface area contributed by atoms with Crippen LogP contribution in [0.15, 0.2) is 24.3 Å². The van der Waals surface area contributed by atoms with Gasteiger partial charge in [0.2, 0.25) is 10.0 Å². The Labute approximate surface area is 160 Å². The van der Waals surface area contributed by atoms with Crippen LogP contribution in [0.25, 0.3) is 0 Å². The van der Waals surface area contributed by atoms with Gasteiger partial charge in [-0.2, -0.15) is 0 Å². The number of hydrogen-bond acceptors (Lipinski definition) is 5. The lowest BCUT2D eigenvalue weighted by Crippen LogP contribution is -2.39. The van der Waals surface area contributed by atoms with E-state index in [-0.39, 0.29) is 29.9 Å². The zero-order chi connectivity index (χ0) is 19.4. The molecule has 2 aliphatic rings. The molecule has 1 aliphatic heterocycles. The van der Waals surface area contributed by atoms with E-state index in [1.165, 1.54) is 10.4 Å². The Bertz CT molecular complexity index is 800. The zero-order valence-electron chi connectivity index (χ0n) is 15.5. The van der Waals surface area contributed by atoms with Gasteiger partial charge in [-0.05, 0) is 56.2 Å². The minimum absolute atomic E-state index is 0.113. The number of nitrogens with zero attached hydrogens (tertiary/aromatic N) is 1. The summed E-state index contributed by atoms with van der Waals surface area (Å²) < 4.78 is 30.5. The molecule has 27 heavy (non-hydrogen) atoms. The summed E-state index contributed by atoms with van der Waals surface area (Å²) in [6.07, 6.45) is 4.66. The largest absolute Gasteiger partial charge is 0.452 e. The maximum Gasteiger partial charge on any atom is 0.338 e. The van der Waals surface area contributed by atoms with E-state index in [4.69, 9.17) is 4.74 Å². The van der Waals surface area contributed by atoms with Gasteiger partial charge in [-0.15, -0.1) is 0 Å². The minimum Gasteiger partial charge on any atom is -0.452 e. The lowest BCUT2D eigenvalue weighted by atomic mass is 9.87. The van der Waals surface area contributed by atoms with Crippen LogP contribution in [0, 0.1) is 5.92 Å². The molecule has 0 aromatic heterocycles. The highest BCUT2D eigenvalue weighted by molar-refractivity contribution is 7.93. The first-order chi connectivity index (χ1) is 12.8. The number of anilines is 1. The molecule has 1 heterocycles. The van der Waals surface area contributed by atoms with Crippen molar-refractivity contribution in [1.29, 1.82) is 0 Å². The Morgan fingerprint density at radius 2 is 1.96 bits per heavy atom. The summed E-state index contributed by atoms with van der Waals surface area (Å²) in [5.41, 5.74) is 0.677. The third kappa shape index (κ3) is 5.00. The summed E-state index contributed by atoms with van der Waals surface area (Å²) in [5, 5.41) is 2.91. The van der Waals surface area contributed by atoms with Crippen LogP contribution in [0.1, 0.15) is 49.4 Å². The van der Waals surface area contributed by atoms with Gasteiger partial charge >= 0.3 is 5.97 Å². The molecule has 1 amide bonds. The highest BCUT2D eigenvalue weighted by Gasteiger charge is 2.29. The first kappa shape index (κ1) is 19.7.